The number of quaternary nitrogens is 1. The quantitative estimate of drug-likeness (QED) is 0.518. The number of carbonyl (C=O) groups excluding carboxylic acids is 3. The average molecular weight is 303 g/mol. The van der Waals surface area contributed by atoms with Crippen LogP contribution >= 0.6 is 0 Å². The molecule has 1 aliphatic heterocycles. The van der Waals surface area contributed by atoms with Crippen LogP contribution in [-0.2, 0) is 14.4 Å². The summed E-state index contributed by atoms with van der Waals surface area (Å²) in [6.45, 7) is 1.35. The molecule has 0 radical (unpaired) electrons. The Bertz CT molecular complexity index is 647. The molecule has 1 aliphatic rings. The first-order valence-corrected chi connectivity index (χ1v) is 6.87. The molecule has 1 aromatic rings. The van der Waals surface area contributed by atoms with Crippen LogP contribution in [0.15, 0.2) is 29.4 Å². The predicted molar refractivity (Wildman–Crippen MR) is 80.7 cm³/mol. The number of benzene rings is 1. The van der Waals surface area contributed by atoms with E-state index in [1.165, 1.54) is 14.0 Å². The summed E-state index contributed by atoms with van der Waals surface area (Å²) in [6, 6.07) is 6.78. The molecule has 0 spiro atoms. The highest BCUT2D eigenvalue weighted by Crippen LogP contribution is 2.20. The van der Waals surface area contributed by atoms with E-state index in [4.69, 9.17) is 0 Å². The Morgan fingerprint density at radius 1 is 1.27 bits per heavy atom. The van der Waals surface area contributed by atoms with Crippen LogP contribution in [0.3, 0.4) is 0 Å². The van der Waals surface area contributed by atoms with E-state index in [-0.39, 0.29) is 24.5 Å². The van der Waals surface area contributed by atoms with Crippen LogP contribution in [0.5, 0.6) is 0 Å². The fourth-order valence-electron chi connectivity index (χ4n) is 2.15. The van der Waals surface area contributed by atoms with Crippen molar-refractivity contribution >= 4 is 29.0 Å². The van der Waals surface area contributed by atoms with E-state index < -0.39 is 10.7 Å². The minimum atomic E-state index is -1.24. The first-order valence-electron chi connectivity index (χ1n) is 6.87. The molecule has 0 bridgehead atoms. The molecular weight excluding hydrogens is 286 g/mol. The number of carbonyl (C=O) groups is 3. The second kappa shape index (κ2) is 6.17. The molecule has 2 amide bonds. The maximum absolute atomic E-state index is 11.9. The third-order valence-electron chi connectivity index (χ3n) is 3.26. The third-order valence-corrected chi connectivity index (χ3v) is 3.26. The number of rotatable bonds is 4. The minimum absolute atomic E-state index is 0.163. The van der Waals surface area contributed by atoms with Crippen molar-refractivity contribution in [2.75, 3.05) is 12.4 Å². The zero-order valence-corrected chi connectivity index (χ0v) is 12.5. The molecule has 0 aliphatic carbocycles. The van der Waals surface area contributed by atoms with Crippen molar-refractivity contribution in [3.63, 3.8) is 0 Å². The van der Waals surface area contributed by atoms with E-state index in [0.29, 0.717) is 17.8 Å². The lowest BCUT2D eigenvalue weighted by Gasteiger charge is -2.32. The van der Waals surface area contributed by atoms with Crippen LogP contribution in [0.1, 0.15) is 31.7 Å². The zero-order chi connectivity index (χ0) is 16.3. The lowest BCUT2D eigenvalue weighted by molar-refractivity contribution is -0.791. The molecule has 0 saturated carbocycles. The number of hydroxylamine groups is 2. The number of ketones is 1. The van der Waals surface area contributed by atoms with E-state index in [1.807, 2.05) is 0 Å². The highest BCUT2D eigenvalue weighted by Gasteiger charge is 2.29. The van der Waals surface area contributed by atoms with Gasteiger partial charge in [-0.1, -0.05) is 17.2 Å². The molecule has 7 nitrogen and oxygen atoms in total. The number of hydrogen-bond acceptors (Lipinski definition) is 5. The lowest BCUT2D eigenvalue weighted by atomic mass is 10.0. The Morgan fingerprint density at radius 2 is 1.91 bits per heavy atom. The molecule has 2 rings (SSSR count). The molecule has 1 unspecified atom stereocenters. The fraction of sp³-hybridized carbons (Fsp3) is 0.333. The van der Waals surface area contributed by atoms with Crippen LogP contribution in [0.25, 0.3) is 0 Å². The Hall–Kier alpha value is -2.38. The van der Waals surface area contributed by atoms with Crippen LogP contribution in [0, 0.1) is 5.21 Å². The van der Waals surface area contributed by atoms with Crippen LogP contribution in [-0.4, -0.2) is 35.1 Å². The van der Waals surface area contributed by atoms with Gasteiger partial charge in [0.25, 0.3) is 0 Å². The second-order valence-corrected chi connectivity index (χ2v) is 5.32. The molecule has 116 valence electrons. The van der Waals surface area contributed by atoms with Gasteiger partial charge in [-0.15, -0.1) is 0 Å². The zero-order valence-electron chi connectivity index (χ0n) is 12.5. The molecule has 0 aromatic heterocycles. The highest BCUT2D eigenvalue weighted by atomic mass is 16.6. The number of amides is 2. The summed E-state index contributed by atoms with van der Waals surface area (Å²) in [5, 5.41) is 18.4. The van der Waals surface area contributed by atoms with E-state index in [1.54, 1.807) is 24.3 Å². The number of nitrogens with zero attached hydrogens (tertiary/aromatic N) is 2. The topological polar surface area (TPSA) is 98.7 Å². The minimum Gasteiger partial charge on any atom is -0.597 e. The summed E-state index contributed by atoms with van der Waals surface area (Å²) < 4.78 is -1.24. The molecule has 0 saturated heterocycles. The van der Waals surface area contributed by atoms with Crippen molar-refractivity contribution in [3.05, 3.63) is 35.0 Å². The van der Waals surface area contributed by atoms with Gasteiger partial charge in [0.1, 0.15) is 18.5 Å². The van der Waals surface area contributed by atoms with Crippen LogP contribution < -0.4 is 5.32 Å². The maximum atomic E-state index is 11.9. The Labute approximate surface area is 127 Å². The summed E-state index contributed by atoms with van der Waals surface area (Å²) in [6.07, 6.45) is 0.420. The van der Waals surface area contributed by atoms with E-state index in [9.17, 15) is 19.6 Å². The smallest absolute Gasteiger partial charge is 0.340 e. The summed E-state index contributed by atoms with van der Waals surface area (Å²) in [7, 11) is 1.21. The van der Waals surface area contributed by atoms with E-state index in [2.05, 4.69) is 10.4 Å². The molecule has 0 fully saturated rings. The predicted octanol–water partition coefficient (Wildman–Crippen LogP) is 1.57. The van der Waals surface area contributed by atoms with Crippen molar-refractivity contribution < 1.29 is 19.1 Å². The number of hydrogen-bond donors (Lipinski definition) is 1. The van der Waals surface area contributed by atoms with Crippen molar-refractivity contribution in [1.82, 2.24) is 0 Å². The van der Waals surface area contributed by atoms with Gasteiger partial charge < -0.3 is 10.5 Å². The largest absolute Gasteiger partial charge is 0.597 e. The van der Waals surface area contributed by atoms with Crippen LogP contribution in [0.2, 0.25) is 0 Å². The maximum Gasteiger partial charge on any atom is 0.340 e. The monoisotopic (exact) mass is 303 g/mol. The van der Waals surface area contributed by atoms with Gasteiger partial charge in [0.15, 0.2) is 0 Å². The molecule has 1 aromatic carbocycles. The average Bonchev–Trinajstić information content (AvgIpc) is 2.41. The van der Waals surface area contributed by atoms with Crippen molar-refractivity contribution in [2.45, 2.75) is 26.2 Å². The molecule has 22 heavy (non-hydrogen) atoms. The standard InChI is InChI=1S/C15H17N3O4/c1-10(19)9-14(20)16-12-5-3-11(4-6-12)13-7-8-15(21)18(2,22)17-13/h3-6H,7-9H2,1-2H3,(H,16,20). The normalized spacial score (nSPS) is 21.2. The Morgan fingerprint density at radius 3 is 2.45 bits per heavy atom. The van der Waals surface area contributed by atoms with E-state index in [0.717, 1.165) is 5.56 Å². The highest BCUT2D eigenvalue weighted by molar-refractivity contribution is 6.05. The van der Waals surface area contributed by atoms with Gasteiger partial charge in [0.2, 0.25) is 5.91 Å². The SMILES string of the molecule is CC(=O)CC(=O)Nc1ccc(C2=N[N+](C)([O-])C(=O)CC2)cc1. The van der Waals surface area contributed by atoms with Gasteiger partial charge in [-0.05, 0) is 19.1 Å². The van der Waals surface area contributed by atoms with Gasteiger partial charge in [0, 0.05) is 17.7 Å². The Balaban J connectivity index is 2.11. The summed E-state index contributed by atoms with van der Waals surface area (Å²) in [4.78, 5) is 33.8. The van der Waals surface area contributed by atoms with Crippen LogP contribution in [0.4, 0.5) is 5.69 Å². The molecule has 7 heteroatoms. The summed E-state index contributed by atoms with van der Waals surface area (Å²) in [5.74, 6) is -1.04. The molecule has 1 N–H and O–H groups in total. The third kappa shape index (κ3) is 3.84. The first-order chi connectivity index (χ1) is 10.3. The molecular formula is C15H17N3O4. The number of Topliss-reactive ketones (excluding diaryl/α,β-unsaturated/α-hetero) is 1. The van der Waals surface area contributed by atoms with Crippen molar-refractivity contribution in [3.8, 4) is 0 Å². The second-order valence-electron chi connectivity index (χ2n) is 5.32. The summed E-state index contributed by atoms with van der Waals surface area (Å²) in [5.41, 5.74) is 1.86. The number of anilines is 1. The molecule has 1 heterocycles. The van der Waals surface area contributed by atoms with Crippen molar-refractivity contribution in [2.24, 2.45) is 5.10 Å². The van der Waals surface area contributed by atoms with E-state index >= 15 is 0 Å². The van der Waals surface area contributed by atoms with Gasteiger partial charge in [-0.3, -0.25) is 9.59 Å². The Kier molecular flexibility index (Phi) is 4.48. The molecule has 1 atom stereocenters. The van der Waals surface area contributed by atoms with Gasteiger partial charge >= 0.3 is 5.91 Å². The van der Waals surface area contributed by atoms with Gasteiger partial charge in [0.05, 0.1) is 12.8 Å². The first kappa shape index (κ1) is 16.0. The van der Waals surface area contributed by atoms with Gasteiger partial charge in [-0.25, -0.2) is 4.79 Å². The number of nitrogens with one attached hydrogen (secondary N) is 1. The van der Waals surface area contributed by atoms with Crippen molar-refractivity contribution in [1.29, 1.82) is 0 Å². The lowest BCUT2D eigenvalue weighted by Crippen LogP contribution is -2.42. The summed E-state index contributed by atoms with van der Waals surface area (Å²) >= 11 is 0. The van der Waals surface area contributed by atoms with Gasteiger partial charge in [-0.2, -0.15) is 4.76 Å². The fourth-order valence-corrected chi connectivity index (χ4v) is 2.15.